The number of nitrogens with zero attached hydrogens (tertiary/aromatic N) is 1. The first kappa shape index (κ1) is 22.9. The molecule has 8 nitrogen and oxygen atoms in total. The van der Waals surface area contributed by atoms with E-state index in [0.717, 1.165) is 12.8 Å². The Morgan fingerprint density at radius 2 is 1.81 bits per heavy atom. The summed E-state index contributed by atoms with van der Waals surface area (Å²) in [6.07, 6.45) is 3.65. The van der Waals surface area contributed by atoms with E-state index >= 15 is 0 Å². The van der Waals surface area contributed by atoms with Crippen molar-refractivity contribution in [2.75, 3.05) is 32.8 Å². The lowest BCUT2D eigenvalue weighted by atomic mass is 9.88. The van der Waals surface area contributed by atoms with Crippen molar-refractivity contribution in [2.24, 2.45) is 5.92 Å². The SMILES string of the molecule is CCCC[C@@H](NC(=O)NCC)C(=O)N1CCC(C(=O)c2ccc3c(c2)OCCO3)CC1. The number of amides is 3. The Balaban J connectivity index is 1.57. The molecule has 0 unspecified atom stereocenters. The molecule has 1 atom stereocenters. The molecule has 0 aromatic heterocycles. The van der Waals surface area contributed by atoms with Crippen molar-refractivity contribution in [3.05, 3.63) is 23.8 Å². The minimum Gasteiger partial charge on any atom is -0.486 e. The van der Waals surface area contributed by atoms with E-state index in [9.17, 15) is 14.4 Å². The Hall–Kier alpha value is -2.77. The number of carbonyl (C=O) groups excluding carboxylic acids is 3. The predicted molar refractivity (Wildman–Crippen MR) is 117 cm³/mol. The quantitative estimate of drug-likeness (QED) is 0.617. The molecule has 3 amide bonds. The third-order valence-electron chi connectivity index (χ3n) is 5.79. The zero-order valence-corrected chi connectivity index (χ0v) is 18.4. The zero-order valence-electron chi connectivity index (χ0n) is 18.4. The summed E-state index contributed by atoms with van der Waals surface area (Å²) in [7, 11) is 0. The third kappa shape index (κ3) is 5.89. The molecule has 8 heteroatoms. The van der Waals surface area contributed by atoms with Gasteiger partial charge >= 0.3 is 6.03 Å². The van der Waals surface area contributed by atoms with Crippen LogP contribution in [0.3, 0.4) is 0 Å². The maximum Gasteiger partial charge on any atom is 0.315 e. The molecule has 0 aliphatic carbocycles. The minimum absolute atomic E-state index is 0.0649. The first-order valence-electron chi connectivity index (χ1n) is 11.3. The van der Waals surface area contributed by atoms with Crippen molar-refractivity contribution in [2.45, 2.75) is 52.0 Å². The number of urea groups is 1. The highest BCUT2D eigenvalue weighted by atomic mass is 16.6. The van der Waals surface area contributed by atoms with Gasteiger partial charge in [0.05, 0.1) is 0 Å². The van der Waals surface area contributed by atoms with Gasteiger partial charge in [0, 0.05) is 31.1 Å². The first-order valence-corrected chi connectivity index (χ1v) is 11.3. The number of nitrogens with one attached hydrogen (secondary N) is 2. The van der Waals surface area contributed by atoms with Gasteiger partial charge < -0.3 is 25.0 Å². The lowest BCUT2D eigenvalue weighted by molar-refractivity contribution is -0.134. The molecule has 0 saturated carbocycles. The Morgan fingerprint density at radius 3 is 2.48 bits per heavy atom. The van der Waals surface area contributed by atoms with Crippen molar-refractivity contribution in [3.63, 3.8) is 0 Å². The first-order chi connectivity index (χ1) is 15.0. The van der Waals surface area contributed by atoms with E-state index in [-0.39, 0.29) is 23.6 Å². The van der Waals surface area contributed by atoms with Crippen LogP contribution in [0.25, 0.3) is 0 Å². The number of ketones is 1. The van der Waals surface area contributed by atoms with Crippen LogP contribution in [-0.4, -0.2) is 61.5 Å². The van der Waals surface area contributed by atoms with Crippen molar-refractivity contribution >= 4 is 17.7 Å². The summed E-state index contributed by atoms with van der Waals surface area (Å²) in [6, 6.07) is 4.47. The van der Waals surface area contributed by atoms with Crippen LogP contribution in [0.5, 0.6) is 11.5 Å². The smallest absolute Gasteiger partial charge is 0.315 e. The number of fused-ring (bicyclic) bond motifs is 1. The average Bonchev–Trinajstić information content (AvgIpc) is 2.80. The van der Waals surface area contributed by atoms with Gasteiger partial charge in [0.15, 0.2) is 17.3 Å². The molecule has 1 aromatic carbocycles. The van der Waals surface area contributed by atoms with E-state index in [1.807, 2.05) is 6.92 Å². The van der Waals surface area contributed by atoms with E-state index in [1.54, 1.807) is 23.1 Å². The van der Waals surface area contributed by atoms with Crippen LogP contribution in [0.2, 0.25) is 0 Å². The number of rotatable bonds is 8. The topological polar surface area (TPSA) is 97.0 Å². The fraction of sp³-hybridized carbons (Fsp3) is 0.609. The van der Waals surface area contributed by atoms with E-state index in [4.69, 9.17) is 9.47 Å². The molecule has 1 aromatic rings. The second-order valence-corrected chi connectivity index (χ2v) is 8.02. The molecule has 2 aliphatic rings. The lowest BCUT2D eigenvalue weighted by Gasteiger charge is -2.34. The van der Waals surface area contributed by atoms with Gasteiger partial charge in [-0.25, -0.2) is 4.79 Å². The van der Waals surface area contributed by atoms with Crippen molar-refractivity contribution in [3.8, 4) is 11.5 Å². The summed E-state index contributed by atoms with van der Waals surface area (Å²) in [6.45, 7) is 6.43. The van der Waals surface area contributed by atoms with Gasteiger partial charge in [-0.3, -0.25) is 9.59 Å². The molecular formula is C23H33N3O5. The number of hydrogen-bond donors (Lipinski definition) is 2. The fourth-order valence-corrected chi connectivity index (χ4v) is 4.05. The number of carbonyl (C=O) groups is 3. The van der Waals surface area contributed by atoms with Gasteiger partial charge in [-0.05, 0) is 44.4 Å². The monoisotopic (exact) mass is 431 g/mol. The van der Waals surface area contributed by atoms with Gasteiger partial charge in [-0.1, -0.05) is 19.8 Å². The average molecular weight is 432 g/mol. The summed E-state index contributed by atoms with van der Waals surface area (Å²) in [5, 5.41) is 5.49. The van der Waals surface area contributed by atoms with E-state index in [2.05, 4.69) is 17.6 Å². The zero-order chi connectivity index (χ0) is 22.2. The molecule has 3 rings (SSSR count). The summed E-state index contributed by atoms with van der Waals surface area (Å²) in [5.41, 5.74) is 0.618. The molecule has 1 saturated heterocycles. The molecule has 2 heterocycles. The predicted octanol–water partition coefficient (Wildman–Crippen LogP) is 2.76. The van der Waals surface area contributed by atoms with Crippen molar-refractivity contribution in [1.29, 1.82) is 0 Å². The van der Waals surface area contributed by atoms with Crippen LogP contribution in [-0.2, 0) is 4.79 Å². The Labute approximate surface area is 183 Å². The van der Waals surface area contributed by atoms with E-state index < -0.39 is 6.04 Å². The van der Waals surface area contributed by atoms with Crippen molar-refractivity contribution < 1.29 is 23.9 Å². The number of ether oxygens (including phenoxy) is 2. The van der Waals surface area contributed by atoms with Gasteiger partial charge in [0.1, 0.15) is 19.3 Å². The lowest BCUT2D eigenvalue weighted by Crippen LogP contribution is -2.53. The number of benzene rings is 1. The number of unbranched alkanes of at least 4 members (excludes halogenated alkanes) is 1. The highest BCUT2D eigenvalue weighted by Crippen LogP contribution is 2.32. The third-order valence-corrected chi connectivity index (χ3v) is 5.79. The van der Waals surface area contributed by atoms with Crippen LogP contribution >= 0.6 is 0 Å². The van der Waals surface area contributed by atoms with Crippen LogP contribution < -0.4 is 20.1 Å². The van der Waals surface area contributed by atoms with Crippen LogP contribution in [0, 0.1) is 5.92 Å². The molecular weight excluding hydrogens is 398 g/mol. The summed E-state index contributed by atoms with van der Waals surface area (Å²) in [4.78, 5) is 39.7. The standard InChI is InChI=1S/C23H33N3O5/c1-3-5-6-18(25-23(29)24-4-2)22(28)26-11-9-16(10-12-26)21(27)17-7-8-19-20(15-17)31-14-13-30-19/h7-8,15-16,18H,3-6,9-14H2,1-2H3,(H2,24,25,29)/t18-/m1/s1. The summed E-state index contributed by atoms with van der Waals surface area (Å²) in [5.74, 6) is 1.16. The number of hydrogen-bond acceptors (Lipinski definition) is 5. The molecule has 170 valence electrons. The minimum atomic E-state index is -0.531. The number of piperidine rings is 1. The van der Waals surface area contributed by atoms with E-state index in [1.165, 1.54) is 0 Å². The number of likely N-dealkylation sites (tertiary alicyclic amines) is 1. The van der Waals surface area contributed by atoms with Crippen LogP contribution in [0.4, 0.5) is 4.79 Å². The normalized spacial score (nSPS) is 17.0. The molecule has 0 bridgehead atoms. The van der Waals surface area contributed by atoms with Gasteiger partial charge in [0.25, 0.3) is 0 Å². The summed E-state index contributed by atoms with van der Waals surface area (Å²) < 4.78 is 11.1. The maximum absolute atomic E-state index is 13.0. The molecule has 0 spiro atoms. The second kappa shape index (κ2) is 11.0. The van der Waals surface area contributed by atoms with Crippen molar-refractivity contribution in [1.82, 2.24) is 15.5 Å². The Bertz CT molecular complexity index is 789. The van der Waals surface area contributed by atoms with Crippen LogP contribution in [0.15, 0.2) is 18.2 Å². The fourth-order valence-electron chi connectivity index (χ4n) is 4.05. The van der Waals surface area contributed by atoms with Gasteiger partial charge in [-0.2, -0.15) is 0 Å². The second-order valence-electron chi connectivity index (χ2n) is 8.02. The maximum atomic E-state index is 13.0. The highest BCUT2D eigenvalue weighted by Gasteiger charge is 2.32. The van der Waals surface area contributed by atoms with Crippen LogP contribution in [0.1, 0.15) is 56.3 Å². The van der Waals surface area contributed by atoms with E-state index in [0.29, 0.717) is 69.2 Å². The highest BCUT2D eigenvalue weighted by molar-refractivity contribution is 5.98. The largest absolute Gasteiger partial charge is 0.486 e. The molecule has 1 fully saturated rings. The molecule has 2 N–H and O–H groups in total. The number of Topliss-reactive ketones (excluding diaryl/α,β-unsaturated/α-hetero) is 1. The Morgan fingerprint density at radius 1 is 1.10 bits per heavy atom. The Kier molecular flexibility index (Phi) is 8.14. The van der Waals surface area contributed by atoms with Gasteiger partial charge in [0.2, 0.25) is 5.91 Å². The molecule has 2 aliphatic heterocycles. The molecule has 31 heavy (non-hydrogen) atoms. The summed E-state index contributed by atoms with van der Waals surface area (Å²) >= 11 is 0. The van der Waals surface area contributed by atoms with Gasteiger partial charge in [-0.15, -0.1) is 0 Å². The molecule has 0 radical (unpaired) electrons.